The second-order valence-corrected chi connectivity index (χ2v) is 23.0. The number of benzene rings is 1. The SMILES string of the molecule is CCCC(=O)SCCOP(=O)(OCCSC(=O)C(C)(C)C)C(F)(F)c1ccc2sc(C(=O)NC3C[C@@H]4C=C4C[C@H]4CC[C@@H](C(=O)N5CC(C(=O)N6CCOCC6)C5)N4C3=O)cc2c1. The van der Waals surface area contributed by atoms with Gasteiger partial charge in [-0.05, 0) is 55.7 Å². The van der Waals surface area contributed by atoms with E-state index >= 15 is 8.78 Å². The molecule has 5 heterocycles. The minimum atomic E-state index is -5.24. The minimum absolute atomic E-state index is 0.0106. The van der Waals surface area contributed by atoms with E-state index < -0.39 is 55.4 Å². The lowest BCUT2D eigenvalue weighted by Crippen LogP contribution is -2.62. The van der Waals surface area contributed by atoms with Gasteiger partial charge in [-0.25, -0.2) is 0 Å². The van der Waals surface area contributed by atoms with Crippen LogP contribution in [0.1, 0.15) is 81.5 Å². The third-order valence-electron chi connectivity index (χ3n) is 11.9. The third-order valence-corrected chi connectivity index (χ3v) is 17.2. The van der Waals surface area contributed by atoms with Crippen LogP contribution in [0.25, 0.3) is 10.1 Å². The van der Waals surface area contributed by atoms with Gasteiger partial charge in [0.25, 0.3) is 5.91 Å². The summed E-state index contributed by atoms with van der Waals surface area (Å²) < 4.78 is 63.3. The molecule has 4 fully saturated rings. The van der Waals surface area contributed by atoms with Gasteiger partial charge in [0.2, 0.25) is 17.7 Å². The molecule has 5 atom stereocenters. The Labute approximate surface area is 378 Å². The number of allylic oxidation sites excluding steroid dienone is 1. The zero-order valence-electron chi connectivity index (χ0n) is 35.9. The molecule has 0 radical (unpaired) electrons. The van der Waals surface area contributed by atoms with Crippen molar-refractivity contribution in [2.24, 2.45) is 17.3 Å². The van der Waals surface area contributed by atoms with E-state index in [1.807, 2.05) is 6.92 Å². The Bertz CT molecular complexity index is 2190. The van der Waals surface area contributed by atoms with Crippen LogP contribution < -0.4 is 5.32 Å². The summed E-state index contributed by atoms with van der Waals surface area (Å²) in [5.41, 5.74) is -4.32. The van der Waals surface area contributed by atoms with Crippen LogP contribution in [0.2, 0.25) is 0 Å². The monoisotopic (exact) mass is 952 g/mol. The van der Waals surface area contributed by atoms with Gasteiger partial charge < -0.3 is 33.8 Å². The zero-order chi connectivity index (χ0) is 45.3. The van der Waals surface area contributed by atoms with Crippen LogP contribution in [0, 0.1) is 17.3 Å². The molecular formula is C43H55F2N4O10PS3. The van der Waals surface area contributed by atoms with Crippen molar-refractivity contribution in [3.05, 3.63) is 46.4 Å². The number of nitrogens with one attached hydrogen (secondary N) is 1. The van der Waals surface area contributed by atoms with Crippen LogP contribution in [0.4, 0.5) is 8.78 Å². The molecule has 7 rings (SSSR count). The summed E-state index contributed by atoms with van der Waals surface area (Å²) in [5.74, 6) is -1.41. The number of hydrogen-bond donors (Lipinski definition) is 1. The van der Waals surface area contributed by atoms with Crippen molar-refractivity contribution < 1.29 is 55.9 Å². The zero-order valence-corrected chi connectivity index (χ0v) is 39.3. The topological polar surface area (TPSA) is 169 Å². The van der Waals surface area contributed by atoms with Crippen LogP contribution in [0.3, 0.4) is 0 Å². The predicted molar refractivity (Wildman–Crippen MR) is 238 cm³/mol. The van der Waals surface area contributed by atoms with Crippen LogP contribution >= 0.6 is 42.5 Å². The first-order valence-electron chi connectivity index (χ1n) is 21.5. The largest absolute Gasteiger partial charge is 0.404 e. The molecule has 63 heavy (non-hydrogen) atoms. The van der Waals surface area contributed by atoms with Crippen molar-refractivity contribution in [2.75, 3.05) is 64.1 Å². The van der Waals surface area contributed by atoms with Gasteiger partial charge in [0.15, 0.2) is 10.2 Å². The highest BCUT2D eigenvalue weighted by atomic mass is 32.2. The fraction of sp³-hybridized carbons (Fsp3) is 0.628. The molecule has 20 heteroatoms. The smallest absolute Gasteiger partial charge is 0.378 e. The quantitative estimate of drug-likeness (QED) is 0.108. The number of thioether (sulfide) groups is 2. The number of likely N-dealkylation sites (tertiary alicyclic amines) is 1. The van der Waals surface area contributed by atoms with Crippen LogP contribution in [-0.4, -0.2) is 131 Å². The number of fused-ring (bicyclic) bond motifs is 3. The number of carbonyl (C=O) groups is 6. The van der Waals surface area contributed by atoms with Gasteiger partial charge in [0, 0.05) is 71.7 Å². The van der Waals surface area contributed by atoms with Gasteiger partial charge in [-0.1, -0.05) is 68.9 Å². The molecule has 5 aliphatic rings. The van der Waals surface area contributed by atoms with Crippen molar-refractivity contribution in [3.8, 4) is 0 Å². The number of hydrogen-bond acceptors (Lipinski definition) is 13. The van der Waals surface area contributed by atoms with Gasteiger partial charge in [-0.3, -0.25) is 33.3 Å². The van der Waals surface area contributed by atoms with Gasteiger partial charge in [-0.15, -0.1) is 11.3 Å². The number of alkyl halides is 2. The Morgan fingerprint density at radius 1 is 0.968 bits per heavy atom. The summed E-state index contributed by atoms with van der Waals surface area (Å²) in [6.07, 6.45) is 5.11. The molecule has 0 saturated carbocycles. The summed E-state index contributed by atoms with van der Waals surface area (Å²) in [6.45, 7) is 8.71. The van der Waals surface area contributed by atoms with E-state index in [2.05, 4.69) is 11.4 Å². The number of amides is 4. The van der Waals surface area contributed by atoms with Crippen LogP contribution in [0.5, 0.6) is 0 Å². The normalized spacial score (nSPS) is 23.8. The van der Waals surface area contributed by atoms with Crippen LogP contribution in [0.15, 0.2) is 35.9 Å². The summed E-state index contributed by atoms with van der Waals surface area (Å²) in [4.78, 5) is 84.8. The highest BCUT2D eigenvalue weighted by Crippen LogP contribution is 2.67. The number of morpholine rings is 1. The number of nitrogens with zero attached hydrogens (tertiary/aromatic N) is 3. The summed E-state index contributed by atoms with van der Waals surface area (Å²) in [6, 6.07) is 3.19. The molecule has 14 nitrogen and oxygen atoms in total. The van der Waals surface area contributed by atoms with Crippen molar-refractivity contribution in [2.45, 2.75) is 90.0 Å². The number of carbonyl (C=O) groups excluding carboxylic acids is 6. The standard InChI is InChI=1S/C43H55F2N4O10PS3/c1-5-6-36(50)61-17-15-58-60(56,59-16-18-62-41(55)42(2,3)4)43(44,45)30-7-10-34-28(20-30)23-35(63-34)37(51)46-32-22-27-19-26(27)21-31-8-9-33(49(31)39(32)53)40(54)48-24-29(25-48)38(52)47-11-13-57-14-12-47/h7,10,19-20,23,27,29,31-33H,5-6,8-9,11-18,21-22,24-25H2,1-4H3,(H,46,51)/t27-,31+,32?,33-,60?/m0/s1. The van der Waals surface area contributed by atoms with Crippen molar-refractivity contribution in [1.82, 2.24) is 20.0 Å². The second-order valence-electron chi connectivity index (χ2n) is 17.6. The lowest BCUT2D eigenvalue weighted by atomic mass is 9.96. The molecule has 0 bridgehead atoms. The predicted octanol–water partition coefficient (Wildman–Crippen LogP) is 6.67. The first-order chi connectivity index (χ1) is 29.9. The number of thiophene rings is 1. The molecule has 2 aromatic rings. The molecule has 1 N–H and O–H groups in total. The molecule has 1 aromatic carbocycles. The molecule has 1 aliphatic carbocycles. The second kappa shape index (κ2) is 19.7. The molecule has 0 spiro atoms. The average Bonchev–Trinajstić information content (AvgIpc) is 3.58. The summed E-state index contributed by atoms with van der Waals surface area (Å²) >= 11 is 2.82. The Balaban J connectivity index is 1.03. The van der Waals surface area contributed by atoms with Crippen LogP contribution in [-0.2, 0) is 48.0 Å². The van der Waals surface area contributed by atoms with Gasteiger partial charge >= 0.3 is 13.3 Å². The maximum Gasteiger partial charge on any atom is 0.404 e. The molecule has 4 amide bonds. The molecule has 344 valence electrons. The number of rotatable bonds is 16. The van der Waals surface area contributed by atoms with Crippen molar-refractivity contribution >= 4 is 86.4 Å². The fourth-order valence-corrected chi connectivity index (χ4v) is 12.6. The summed E-state index contributed by atoms with van der Waals surface area (Å²) in [5, 5.41) is 2.82. The van der Waals surface area contributed by atoms with E-state index in [-0.39, 0.29) is 67.6 Å². The van der Waals surface area contributed by atoms with Gasteiger partial charge in [0.05, 0.1) is 37.2 Å². The highest BCUT2D eigenvalue weighted by Gasteiger charge is 2.55. The summed E-state index contributed by atoms with van der Waals surface area (Å²) in [7, 11) is -5.24. The van der Waals surface area contributed by atoms with E-state index in [0.717, 1.165) is 47.0 Å². The molecule has 4 aliphatic heterocycles. The van der Waals surface area contributed by atoms with Crippen molar-refractivity contribution in [1.29, 1.82) is 0 Å². The Morgan fingerprint density at radius 3 is 2.35 bits per heavy atom. The van der Waals surface area contributed by atoms with E-state index in [1.54, 1.807) is 35.5 Å². The number of ether oxygens (including phenoxy) is 1. The van der Waals surface area contributed by atoms with E-state index in [4.69, 9.17) is 13.8 Å². The Hall–Kier alpha value is -3.19. The van der Waals surface area contributed by atoms with Gasteiger partial charge in [-0.2, -0.15) is 8.78 Å². The number of halogens is 2. The van der Waals surface area contributed by atoms with Gasteiger partial charge in [0.1, 0.15) is 12.1 Å². The average molecular weight is 953 g/mol. The van der Waals surface area contributed by atoms with E-state index in [9.17, 15) is 33.3 Å². The maximum absolute atomic E-state index is 16.4. The minimum Gasteiger partial charge on any atom is -0.378 e. The Morgan fingerprint density at radius 2 is 1.67 bits per heavy atom. The van der Waals surface area contributed by atoms with E-state index in [0.29, 0.717) is 82.6 Å². The Kier molecular flexibility index (Phi) is 15.0. The maximum atomic E-state index is 16.4. The van der Waals surface area contributed by atoms with Crippen molar-refractivity contribution in [3.63, 3.8) is 0 Å². The molecular weight excluding hydrogens is 898 g/mol. The first kappa shape index (κ1) is 47.8. The first-order valence-corrected chi connectivity index (χ1v) is 25.9. The lowest BCUT2D eigenvalue weighted by Gasteiger charge is -2.44. The fourth-order valence-electron chi connectivity index (χ4n) is 8.33. The lowest BCUT2D eigenvalue weighted by molar-refractivity contribution is -0.156. The highest BCUT2D eigenvalue weighted by molar-refractivity contribution is 8.13. The molecule has 2 unspecified atom stereocenters. The van der Waals surface area contributed by atoms with E-state index in [1.165, 1.54) is 17.7 Å². The molecule has 1 aromatic heterocycles. The third kappa shape index (κ3) is 10.8. The molecule has 4 saturated heterocycles.